The molecule has 3 heterocycles. The van der Waals surface area contributed by atoms with Crippen LogP contribution in [-0.4, -0.2) is 89.4 Å². The number of hydrogen-bond donors (Lipinski definition) is 3. The van der Waals surface area contributed by atoms with E-state index in [1.807, 2.05) is 6.07 Å². The summed E-state index contributed by atoms with van der Waals surface area (Å²) in [5.74, 6) is -2.81. The quantitative estimate of drug-likeness (QED) is 0.502. The number of halogens is 4. The van der Waals surface area contributed by atoms with E-state index in [9.17, 15) is 22.4 Å². The third-order valence-corrected chi connectivity index (χ3v) is 5.59. The fourth-order valence-corrected chi connectivity index (χ4v) is 3.49. The zero-order valence-corrected chi connectivity index (χ0v) is 19.1. The maximum Gasteiger partial charge on any atom is 0.490 e. The number of amides is 1. The van der Waals surface area contributed by atoms with Crippen molar-refractivity contribution in [2.45, 2.75) is 19.3 Å². The lowest BCUT2D eigenvalue weighted by atomic mass is 10.0. The van der Waals surface area contributed by atoms with E-state index in [1.54, 1.807) is 16.9 Å². The van der Waals surface area contributed by atoms with Crippen LogP contribution in [0.15, 0.2) is 24.4 Å². The number of anilines is 1. The summed E-state index contributed by atoms with van der Waals surface area (Å²) in [7, 11) is 2.09. The van der Waals surface area contributed by atoms with Gasteiger partial charge < -0.3 is 25.5 Å². The Morgan fingerprint density at radius 3 is 2.40 bits per heavy atom. The minimum absolute atomic E-state index is 0.247. The molecule has 1 aromatic heterocycles. The molecule has 2 aliphatic rings. The molecule has 2 aliphatic heterocycles. The summed E-state index contributed by atoms with van der Waals surface area (Å²) in [4.78, 5) is 25.7. The van der Waals surface area contributed by atoms with Crippen molar-refractivity contribution in [3.63, 3.8) is 0 Å². The van der Waals surface area contributed by atoms with Crippen LogP contribution in [0.3, 0.4) is 0 Å². The number of carbonyl (C=O) groups excluding carboxylic acids is 1. The lowest BCUT2D eigenvalue weighted by molar-refractivity contribution is -0.192. The maximum absolute atomic E-state index is 14.1. The summed E-state index contributed by atoms with van der Waals surface area (Å²) < 4.78 is 47.5. The molecule has 0 bridgehead atoms. The molecule has 2 fully saturated rings. The Bertz CT molecular complexity index is 1020. The van der Waals surface area contributed by atoms with E-state index in [0.717, 1.165) is 57.1 Å². The first-order chi connectivity index (χ1) is 16.5. The molecule has 1 amide bonds. The van der Waals surface area contributed by atoms with E-state index in [-0.39, 0.29) is 24.0 Å². The Hall–Kier alpha value is -3.26. The molecule has 2 saturated heterocycles. The van der Waals surface area contributed by atoms with E-state index in [0.29, 0.717) is 5.92 Å². The van der Waals surface area contributed by atoms with Crippen LogP contribution < -0.4 is 15.5 Å². The van der Waals surface area contributed by atoms with Gasteiger partial charge in [-0.2, -0.15) is 13.2 Å². The van der Waals surface area contributed by atoms with Crippen molar-refractivity contribution in [3.05, 3.63) is 41.5 Å². The van der Waals surface area contributed by atoms with Gasteiger partial charge in [0.2, 0.25) is 0 Å². The molecule has 192 valence electrons. The van der Waals surface area contributed by atoms with Crippen molar-refractivity contribution < 1.29 is 32.3 Å². The predicted octanol–water partition coefficient (Wildman–Crippen LogP) is 0.952. The Morgan fingerprint density at radius 1 is 1.17 bits per heavy atom. The number of rotatable bonds is 6. The number of nitrogens with one attached hydrogen (secondary N) is 2. The average molecular weight is 501 g/mol. The number of carboxylic acids is 1. The largest absolute Gasteiger partial charge is 0.490 e. The maximum atomic E-state index is 14.1. The second-order valence-electron chi connectivity index (χ2n) is 8.44. The Labute approximate surface area is 198 Å². The van der Waals surface area contributed by atoms with E-state index in [2.05, 4.69) is 37.8 Å². The fourth-order valence-electron chi connectivity index (χ4n) is 3.49. The van der Waals surface area contributed by atoms with Crippen molar-refractivity contribution in [1.29, 1.82) is 0 Å². The number of likely N-dealkylation sites (N-methyl/N-ethyl adjacent to an activating group) is 1. The number of aromatic nitrogens is 3. The van der Waals surface area contributed by atoms with Crippen molar-refractivity contribution in [2.24, 2.45) is 5.92 Å². The van der Waals surface area contributed by atoms with Gasteiger partial charge in [-0.1, -0.05) is 5.21 Å². The molecule has 35 heavy (non-hydrogen) atoms. The van der Waals surface area contributed by atoms with Gasteiger partial charge in [0.25, 0.3) is 5.91 Å². The zero-order valence-electron chi connectivity index (χ0n) is 19.1. The van der Waals surface area contributed by atoms with Gasteiger partial charge in [-0.25, -0.2) is 9.18 Å². The average Bonchev–Trinajstić information content (AvgIpc) is 3.23. The van der Waals surface area contributed by atoms with Crippen LogP contribution >= 0.6 is 0 Å². The van der Waals surface area contributed by atoms with Crippen LogP contribution in [0.2, 0.25) is 0 Å². The summed E-state index contributed by atoms with van der Waals surface area (Å²) in [6.07, 6.45) is -3.42. The van der Waals surface area contributed by atoms with E-state index >= 15 is 0 Å². The minimum Gasteiger partial charge on any atom is -0.475 e. The molecule has 0 spiro atoms. The molecule has 4 rings (SSSR count). The monoisotopic (exact) mass is 501 g/mol. The van der Waals surface area contributed by atoms with Crippen LogP contribution in [0.1, 0.15) is 16.1 Å². The molecule has 14 heteroatoms. The summed E-state index contributed by atoms with van der Waals surface area (Å²) >= 11 is 0. The molecule has 2 aromatic rings. The Morgan fingerprint density at radius 2 is 1.83 bits per heavy atom. The number of alkyl halides is 3. The molecule has 0 saturated carbocycles. The first kappa shape index (κ1) is 26.3. The number of carbonyl (C=O) groups is 2. The van der Waals surface area contributed by atoms with Crippen LogP contribution in [0.5, 0.6) is 0 Å². The van der Waals surface area contributed by atoms with Crippen LogP contribution in [-0.2, 0) is 17.9 Å². The van der Waals surface area contributed by atoms with Gasteiger partial charge in [0, 0.05) is 64.0 Å². The molecule has 0 radical (unpaired) electrons. The number of aliphatic carboxylic acids is 1. The summed E-state index contributed by atoms with van der Waals surface area (Å²) in [5.41, 5.74) is 1.87. The highest BCUT2D eigenvalue weighted by molar-refractivity contribution is 5.91. The molecule has 0 unspecified atom stereocenters. The highest BCUT2D eigenvalue weighted by Crippen LogP contribution is 2.20. The van der Waals surface area contributed by atoms with Crippen LogP contribution in [0.4, 0.5) is 23.2 Å². The number of nitrogens with zero attached hydrogens (tertiary/aromatic N) is 5. The SMILES string of the molecule is CN1CCN(c2cc(F)cc(CNC(=O)c3cn(CC4CNC4)nn3)c2)CC1.O=C(O)C(F)(F)F. The number of benzene rings is 1. The zero-order chi connectivity index (χ0) is 25.6. The van der Waals surface area contributed by atoms with E-state index < -0.39 is 12.1 Å². The Balaban J connectivity index is 0.000000429. The second kappa shape index (κ2) is 11.4. The highest BCUT2D eigenvalue weighted by Gasteiger charge is 2.38. The first-order valence-electron chi connectivity index (χ1n) is 10.9. The van der Waals surface area contributed by atoms with Gasteiger partial charge in [0.05, 0.1) is 6.20 Å². The number of carboxylic acid groups (broad SMARTS) is 1. The standard InChI is InChI=1S/C19H26FN7O.C2HF3O2/c1-25-2-4-26(5-3-25)17-7-14(6-16(20)8-17)11-22-19(28)18-13-27(24-23-18)12-15-9-21-10-15;3-2(4,5)1(6)7/h6-8,13,15,21H,2-5,9-12H2,1H3,(H,22,28);(H,6,7). The Kier molecular flexibility index (Phi) is 8.62. The van der Waals surface area contributed by atoms with Crippen molar-refractivity contribution >= 4 is 17.6 Å². The smallest absolute Gasteiger partial charge is 0.475 e. The van der Waals surface area contributed by atoms with Crippen molar-refractivity contribution in [1.82, 2.24) is 30.5 Å². The topological polar surface area (TPSA) is 116 Å². The lowest BCUT2D eigenvalue weighted by Crippen LogP contribution is -2.44. The number of hydrogen-bond acceptors (Lipinski definition) is 7. The summed E-state index contributed by atoms with van der Waals surface area (Å²) in [6.45, 7) is 6.58. The normalized spacial score (nSPS) is 16.8. The summed E-state index contributed by atoms with van der Waals surface area (Å²) in [5, 5.41) is 21.1. The van der Waals surface area contributed by atoms with Gasteiger partial charge in [-0.05, 0) is 30.8 Å². The highest BCUT2D eigenvalue weighted by atomic mass is 19.4. The molecular formula is C21H27F4N7O3. The van der Waals surface area contributed by atoms with E-state index in [4.69, 9.17) is 9.90 Å². The lowest BCUT2D eigenvalue weighted by Gasteiger charge is -2.34. The third-order valence-electron chi connectivity index (χ3n) is 5.59. The van der Waals surface area contributed by atoms with Gasteiger partial charge >= 0.3 is 12.1 Å². The third kappa shape index (κ3) is 7.89. The van der Waals surface area contributed by atoms with Gasteiger partial charge in [0.1, 0.15) is 5.82 Å². The van der Waals surface area contributed by atoms with Crippen molar-refractivity contribution in [2.75, 3.05) is 51.2 Å². The minimum atomic E-state index is -5.08. The van der Waals surface area contributed by atoms with Gasteiger partial charge in [-0.15, -0.1) is 5.10 Å². The fraction of sp³-hybridized carbons (Fsp3) is 0.524. The summed E-state index contributed by atoms with van der Waals surface area (Å²) in [6, 6.07) is 4.95. The van der Waals surface area contributed by atoms with Gasteiger partial charge in [0.15, 0.2) is 5.69 Å². The number of piperazine rings is 1. The van der Waals surface area contributed by atoms with E-state index in [1.165, 1.54) is 6.07 Å². The second-order valence-corrected chi connectivity index (χ2v) is 8.44. The van der Waals surface area contributed by atoms with Crippen LogP contribution in [0, 0.1) is 11.7 Å². The molecule has 0 aliphatic carbocycles. The predicted molar refractivity (Wildman–Crippen MR) is 117 cm³/mol. The van der Waals surface area contributed by atoms with Gasteiger partial charge in [-0.3, -0.25) is 9.48 Å². The van der Waals surface area contributed by atoms with Crippen molar-refractivity contribution in [3.8, 4) is 0 Å². The molecule has 1 aromatic carbocycles. The van der Waals surface area contributed by atoms with Crippen LogP contribution in [0.25, 0.3) is 0 Å². The molecule has 0 atom stereocenters. The molecule has 10 nitrogen and oxygen atoms in total. The molecular weight excluding hydrogens is 474 g/mol. The first-order valence-corrected chi connectivity index (χ1v) is 10.9. The molecule has 3 N–H and O–H groups in total.